The maximum Gasteiger partial charge on any atom is 0.251 e. The quantitative estimate of drug-likeness (QED) is 0.771. The molecule has 0 aliphatic carbocycles. The van der Waals surface area contributed by atoms with Crippen LogP contribution in [0.15, 0.2) is 35.2 Å². The second kappa shape index (κ2) is 8.31. The van der Waals surface area contributed by atoms with Gasteiger partial charge in [-0.15, -0.1) is 11.3 Å². The number of carbonyl (C=O) groups is 1. The first-order valence-corrected chi connectivity index (χ1v) is 10.6. The summed E-state index contributed by atoms with van der Waals surface area (Å²) in [5, 5.41) is 2.81. The van der Waals surface area contributed by atoms with E-state index in [1.807, 2.05) is 6.07 Å². The Labute approximate surface area is 157 Å². The molecule has 0 bridgehead atoms. The van der Waals surface area contributed by atoms with Crippen molar-refractivity contribution in [3.05, 3.63) is 50.7 Å². The Morgan fingerprint density at radius 2 is 1.88 bits per heavy atom. The molecule has 0 saturated heterocycles. The van der Waals surface area contributed by atoms with E-state index in [0.717, 1.165) is 10.4 Å². The summed E-state index contributed by atoms with van der Waals surface area (Å²) in [6.07, 6.45) is 0. The van der Waals surface area contributed by atoms with E-state index in [9.17, 15) is 13.2 Å². The first-order valence-electron chi connectivity index (χ1n) is 7.92. The predicted molar refractivity (Wildman–Crippen MR) is 102 cm³/mol. The third kappa shape index (κ3) is 4.61. The van der Waals surface area contributed by atoms with E-state index < -0.39 is 10.0 Å². The van der Waals surface area contributed by atoms with Crippen LogP contribution in [0.2, 0.25) is 4.34 Å². The van der Waals surface area contributed by atoms with Gasteiger partial charge in [0.25, 0.3) is 5.91 Å². The molecule has 1 aromatic carbocycles. The van der Waals surface area contributed by atoms with Crippen molar-refractivity contribution in [3.63, 3.8) is 0 Å². The lowest BCUT2D eigenvalue weighted by molar-refractivity contribution is 0.0950. The van der Waals surface area contributed by atoms with Gasteiger partial charge in [0, 0.05) is 23.5 Å². The van der Waals surface area contributed by atoms with Gasteiger partial charge in [0.2, 0.25) is 10.0 Å². The van der Waals surface area contributed by atoms with Gasteiger partial charge in [0.15, 0.2) is 0 Å². The molecule has 2 aromatic rings. The molecule has 0 unspecified atom stereocenters. The molecule has 0 radical (unpaired) electrons. The van der Waals surface area contributed by atoms with Crippen LogP contribution in [0.4, 0.5) is 0 Å². The molecule has 5 nitrogen and oxygen atoms in total. The highest BCUT2D eigenvalue weighted by molar-refractivity contribution is 7.89. The summed E-state index contributed by atoms with van der Waals surface area (Å²) >= 11 is 7.28. The van der Waals surface area contributed by atoms with Crippen LogP contribution in [-0.2, 0) is 16.6 Å². The van der Waals surface area contributed by atoms with Gasteiger partial charge in [-0.1, -0.05) is 31.5 Å². The van der Waals surface area contributed by atoms with Crippen molar-refractivity contribution >= 4 is 38.9 Å². The molecule has 1 N–H and O–H groups in total. The summed E-state index contributed by atoms with van der Waals surface area (Å²) in [6, 6.07) is 8.27. The van der Waals surface area contributed by atoms with Gasteiger partial charge >= 0.3 is 0 Å². The molecule has 0 fully saturated rings. The van der Waals surface area contributed by atoms with Crippen molar-refractivity contribution in [3.8, 4) is 0 Å². The highest BCUT2D eigenvalue weighted by Gasteiger charge is 2.23. The summed E-state index contributed by atoms with van der Waals surface area (Å²) in [4.78, 5) is 13.5. The Balaban J connectivity index is 2.24. The molecule has 1 amide bonds. The Kier molecular flexibility index (Phi) is 6.62. The number of thiophene rings is 1. The number of nitrogens with zero attached hydrogens (tertiary/aromatic N) is 1. The monoisotopic (exact) mass is 400 g/mol. The van der Waals surface area contributed by atoms with Crippen LogP contribution in [0.5, 0.6) is 0 Å². The van der Waals surface area contributed by atoms with E-state index in [2.05, 4.69) is 5.32 Å². The van der Waals surface area contributed by atoms with Gasteiger partial charge < -0.3 is 5.32 Å². The van der Waals surface area contributed by atoms with Gasteiger partial charge in [0.05, 0.1) is 15.8 Å². The number of benzene rings is 1. The molecular weight excluding hydrogens is 380 g/mol. The second-order valence-corrected chi connectivity index (χ2v) is 9.19. The number of carbonyl (C=O) groups excluding carboxylic acids is 1. The molecule has 0 aliphatic rings. The minimum Gasteiger partial charge on any atom is -0.347 e. The van der Waals surface area contributed by atoms with Crippen LogP contribution < -0.4 is 5.32 Å². The lowest BCUT2D eigenvalue weighted by Gasteiger charge is -2.19. The highest BCUT2D eigenvalue weighted by Crippen LogP contribution is 2.22. The van der Waals surface area contributed by atoms with Crippen LogP contribution in [0.1, 0.15) is 34.6 Å². The summed E-state index contributed by atoms with van der Waals surface area (Å²) in [7, 11) is -3.60. The Morgan fingerprint density at radius 3 is 2.44 bits per heavy atom. The van der Waals surface area contributed by atoms with Crippen molar-refractivity contribution in [2.24, 2.45) is 0 Å². The molecule has 1 aromatic heterocycles. The summed E-state index contributed by atoms with van der Waals surface area (Å²) < 4.78 is 27.3. The molecule has 0 aliphatic heterocycles. The van der Waals surface area contributed by atoms with Crippen molar-refractivity contribution in [2.45, 2.75) is 32.2 Å². The zero-order chi connectivity index (χ0) is 18.6. The molecule has 0 saturated carbocycles. The second-order valence-electron chi connectivity index (χ2n) is 5.45. The molecule has 136 valence electrons. The SMILES string of the molecule is CCN(CC)S(=O)(=O)c1ccc(C)c(C(=O)NCc2ccc(Cl)s2)c1. The summed E-state index contributed by atoms with van der Waals surface area (Å²) in [5.74, 6) is -0.307. The van der Waals surface area contributed by atoms with Crippen LogP contribution in [0.25, 0.3) is 0 Å². The molecule has 2 rings (SSSR count). The fourth-order valence-corrected chi connectivity index (χ4v) is 4.94. The third-order valence-electron chi connectivity index (χ3n) is 3.85. The zero-order valence-electron chi connectivity index (χ0n) is 14.4. The predicted octanol–water partition coefficient (Wildman–Crippen LogP) is 3.67. The average Bonchev–Trinajstić information content (AvgIpc) is 2.99. The van der Waals surface area contributed by atoms with Crippen molar-refractivity contribution in [1.82, 2.24) is 9.62 Å². The number of hydrogen-bond acceptors (Lipinski definition) is 4. The number of halogens is 1. The minimum absolute atomic E-state index is 0.131. The molecule has 8 heteroatoms. The van der Waals surface area contributed by atoms with Gasteiger partial charge in [-0.3, -0.25) is 4.79 Å². The molecule has 25 heavy (non-hydrogen) atoms. The van der Waals surface area contributed by atoms with Crippen molar-refractivity contribution in [1.29, 1.82) is 0 Å². The van der Waals surface area contributed by atoms with Crippen LogP contribution in [-0.4, -0.2) is 31.7 Å². The number of amides is 1. The van der Waals surface area contributed by atoms with Crippen LogP contribution in [0, 0.1) is 6.92 Å². The topological polar surface area (TPSA) is 66.5 Å². The van der Waals surface area contributed by atoms with E-state index in [0.29, 0.717) is 29.5 Å². The van der Waals surface area contributed by atoms with Crippen molar-refractivity contribution < 1.29 is 13.2 Å². The number of hydrogen-bond donors (Lipinski definition) is 1. The average molecular weight is 401 g/mol. The van der Waals surface area contributed by atoms with Gasteiger partial charge in [-0.25, -0.2) is 8.42 Å². The van der Waals surface area contributed by atoms with E-state index in [4.69, 9.17) is 11.6 Å². The largest absolute Gasteiger partial charge is 0.347 e. The lowest BCUT2D eigenvalue weighted by Crippen LogP contribution is -2.31. The third-order valence-corrected chi connectivity index (χ3v) is 7.13. The molecular formula is C17H21ClN2O3S2. The Bertz CT molecular complexity index is 859. The standard InChI is InChI=1S/C17H21ClN2O3S2/c1-4-20(5-2)25(22,23)14-8-6-12(3)15(10-14)17(21)19-11-13-7-9-16(18)24-13/h6-10H,4-5,11H2,1-3H3,(H,19,21). The van der Waals surface area contributed by atoms with E-state index >= 15 is 0 Å². The number of nitrogens with one attached hydrogen (secondary N) is 1. The Morgan fingerprint density at radius 1 is 1.20 bits per heavy atom. The minimum atomic E-state index is -3.60. The number of rotatable bonds is 7. The summed E-state index contributed by atoms with van der Waals surface area (Å²) in [5.41, 5.74) is 1.08. The van der Waals surface area contributed by atoms with Crippen molar-refractivity contribution in [2.75, 3.05) is 13.1 Å². The normalized spacial score (nSPS) is 11.7. The Hall–Kier alpha value is -1.41. The first kappa shape index (κ1) is 19.9. The van der Waals surface area contributed by atoms with Crippen LogP contribution in [0.3, 0.4) is 0 Å². The number of aryl methyl sites for hydroxylation is 1. The molecule has 0 atom stereocenters. The van der Waals surface area contributed by atoms with E-state index in [1.165, 1.54) is 21.7 Å². The number of sulfonamides is 1. The zero-order valence-corrected chi connectivity index (χ0v) is 16.8. The van der Waals surface area contributed by atoms with Crippen LogP contribution >= 0.6 is 22.9 Å². The van der Waals surface area contributed by atoms with Gasteiger partial charge in [-0.2, -0.15) is 4.31 Å². The van der Waals surface area contributed by atoms with Gasteiger partial charge in [-0.05, 0) is 36.8 Å². The fraction of sp³-hybridized carbons (Fsp3) is 0.353. The maximum atomic E-state index is 12.6. The fourth-order valence-electron chi connectivity index (χ4n) is 2.43. The first-order chi connectivity index (χ1) is 11.8. The van der Waals surface area contributed by atoms with Gasteiger partial charge in [0.1, 0.15) is 0 Å². The highest BCUT2D eigenvalue weighted by atomic mass is 35.5. The smallest absolute Gasteiger partial charge is 0.251 e. The van der Waals surface area contributed by atoms with E-state index in [-0.39, 0.29) is 10.8 Å². The van der Waals surface area contributed by atoms with E-state index in [1.54, 1.807) is 39.0 Å². The molecule has 0 spiro atoms. The lowest BCUT2D eigenvalue weighted by atomic mass is 10.1. The molecule has 1 heterocycles. The summed E-state index contributed by atoms with van der Waals surface area (Å²) in [6.45, 7) is 6.47. The maximum absolute atomic E-state index is 12.6.